The highest BCUT2D eigenvalue weighted by Gasteiger charge is 2.32. The SMILES string of the molecule is CC(NC(=O)C1CC(=O)NC(c2ccccc2)N1)c1ccccc1-c1ccccc1. The van der Waals surface area contributed by atoms with Crippen molar-refractivity contribution in [2.75, 3.05) is 0 Å². The monoisotopic (exact) mass is 399 g/mol. The first kappa shape index (κ1) is 19.9. The molecule has 0 bridgehead atoms. The van der Waals surface area contributed by atoms with Crippen molar-refractivity contribution in [3.8, 4) is 11.1 Å². The molecular formula is C25H25N3O2. The van der Waals surface area contributed by atoms with Crippen LogP contribution in [0.25, 0.3) is 11.1 Å². The number of nitrogens with one attached hydrogen (secondary N) is 3. The van der Waals surface area contributed by atoms with Crippen molar-refractivity contribution in [3.63, 3.8) is 0 Å². The summed E-state index contributed by atoms with van der Waals surface area (Å²) in [5.41, 5.74) is 4.15. The Balaban J connectivity index is 1.50. The fraction of sp³-hybridized carbons (Fsp3) is 0.200. The lowest BCUT2D eigenvalue weighted by atomic mass is 9.95. The number of hydrogen-bond donors (Lipinski definition) is 3. The minimum Gasteiger partial charge on any atom is -0.348 e. The number of amides is 2. The first-order valence-corrected chi connectivity index (χ1v) is 10.2. The molecule has 4 rings (SSSR count). The van der Waals surface area contributed by atoms with Crippen LogP contribution in [0.15, 0.2) is 84.9 Å². The van der Waals surface area contributed by atoms with Crippen LogP contribution in [0.5, 0.6) is 0 Å². The molecule has 0 radical (unpaired) electrons. The molecule has 1 heterocycles. The Morgan fingerprint density at radius 2 is 1.57 bits per heavy atom. The predicted octanol–water partition coefficient (Wildman–Crippen LogP) is 3.71. The second-order valence-electron chi connectivity index (χ2n) is 7.52. The average Bonchev–Trinajstić information content (AvgIpc) is 2.80. The maximum Gasteiger partial charge on any atom is 0.238 e. The van der Waals surface area contributed by atoms with Crippen LogP contribution in [-0.4, -0.2) is 17.9 Å². The topological polar surface area (TPSA) is 70.2 Å². The number of carbonyl (C=O) groups excluding carboxylic acids is 2. The van der Waals surface area contributed by atoms with Crippen molar-refractivity contribution < 1.29 is 9.59 Å². The molecule has 5 nitrogen and oxygen atoms in total. The minimum absolute atomic E-state index is 0.113. The summed E-state index contributed by atoms with van der Waals surface area (Å²) in [5, 5.41) is 9.25. The second kappa shape index (κ2) is 8.93. The van der Waals surface area contributed by atoms with E-state index in [9.17, 15) is 9.59 Å². The molecule has 2 amide bonds. The van der Waals surface area contributed by atoms with Gasteiger partial charge >= 0.3 is 0 Å². The van der Waals surface area contributed by atoms with Gasteiger partial charge in [0, 0.05) is 0 Å². The number of carbonyl (C=O) groups is 2. The molecule has 3 unspecified atom stereocenters. The maximum atomic E-state index is 13.0. The molecule has 152 valence electrons. The van der Waals surface area contributed by atoms with E-state index in [0.29, 0.717) is 0 Å². The Kier molecular flexibility index (Phi) is 5.91. The molecule has 1 saturated heterocycles. The van der Waals surface area contributed by atoms with E-state index in [2.05, 4.69) is 34.1 Å². The average molecular weight is 399 g/mol. The first-order chi connectivity index (χ1) is 14.6. The lowest BCUT2D eigenvalue weighted by Crippen LogP contribution is -2.56. The number of benzene rings is 3. The van der Waals surface area contributed by atoms with Crippen molar-refractivity contribution in [1.29, 1.82) is 0 Å². The quantitative estimate of drug-likeness (QED) is 0.613. The normalized spacial score (nSPS) is 19.6. The van der Waals surface area contributed by atoms with Gasteiger partial charge in [-0.05, 0) is 29.2 Å². The van der Waals surface area contributed by atoms with Crippen LogP contribution >= 0.6 is 0 Å². The smallest absolute Gasteiger partial charge is 0.238 e. The summed E-state index contributed by atoms with van der Waals surface area (Å²) < 4.78 is 0. The molecule has 3 aromatic rings. The molecule has 0 saturated carbocycles. The summed E-state index contributed by atoms with van der Waals surface area (Å²) in [6, 6.07) is 27.0. The van der Waals surface area contributed by atoms with Gasteiger partial charge in [0.25, 0.3) is 0 Å². The second-order valence-corrected chi connectivity index (χ2v) is 7.52. The molecule has 3 aromatic carbocycles. The molecule has 3 N–H and O–H groups in total. The Morgan fingerprint density at radius 3 is 2.30 bits per heavy atom. The van der Waals surface area contributed by atoms with Crippen molar-refractivity contribution in [1.82, 2.24) is 16.0 Å². The standard InChI is InChI=1S/C25H25N3O2/c1-17(20-14-8-9-15-21(20)18-10-4-2-5-11-18)26-25(30)22-16-23(29)28-24(27-22)19-12-6-3-7-13-19/h2-15,17,22,24,27H,16H2,1H3,(H,26,30)(H,28,29). The summed E-state index contributed by atoms with van der Waals surface area (Å²) in [6.07, 6.45) is -0.266. The molecule has 1 aliphatic rings. The first-order valence-electron chi connectivity index (χ1n) is 10.2. The van der Waals surface area contributed by atoms with Gasteiger partial charge in [-0.25, -0.2) is 0 Å². The van der Waals surface area contributed by atoms with E-state index < -0.39 is 6.04 Å². The Morgan fingerprint density at radius 1 is 0.933 bits per heavy atom. The minimum atomic E-state index is -0.588. The predicted molar refractivity (Wildman–Crippen MR) is 117 cm³/mol. The van der Waals surface area contributed by atoms with Crippen LogP contribution < -0.4 is 16.0 Å². The van der Waals surface area contributed by atoms with Gasteiger partial charge in [-0.1, -0.05) is 84.9 Å². The van der Waals surface area contributed by atoms with Crippen LogP contribution in [0.4, 0.5) is 0 Å². The van der Waals surface area contributed by atoms with E-state index in [1.165, 1.54) is 0 Å². The van der Waals surface area contributed by atoms with E-state index in [4.69, 9.17) is 0 Å². The Labute approximate surface area is 176 Å². The van der Waals surface area contributed by atoms with E-state index in [1.807, 2.05) is 73.7 Å². The fourth-order valence-corrected chi connectivity index (χ4v) is 3.85. The largest absolute Gasteiger partial charge is 0.348 e. The molecule has 0 aliphatic carbocycles. The summed E-state index contributed by atoms with van der Waals surface area (Å²) in [4.78, 5) is 25.2. The van der Waals surface area contributed by atoms with E-state index in [-0.39, 0.29) is 30.4 Å². The lowest BCUT2D eigenvalue weighted by Gasteiger charge is -2.32. The van der Waals surface area contributed by atoms with Gasteiger partial charge in [-0.15, -0.1) is 0 Å². The Bertz CT molecular complexity index is 1020. The van der Waals surface area contributed by atoms with Gasteiger partial charge in [0.15, 0.2) is 0 Å². The number of hydrogen-bond acceptors (Lipinski definition) is 3. The molecule has 3 atom stereocenters. The van der Waals surface area contributed by atoms with Crippen LogP contribution in [0.2, 0.25) is 0 Å². The lowest BCUT2D eigenvalue weighted by molar-refractivity contribution is -0.132. The number of rotatable bonds is 5. The third kappa shape index (κ3) is 4.42. The molecule has 0 spiro atoms. The van der Waals surface area contributed by atoms with Gasteiger partial charge in [-0.2, -0.15) is 0 Å². The molecule has 1 aliphatic heterocycles. The van der Waals surface area contributed by atoms with Gasteiger partial charge in [-0.3, -0.25) is 14.9 Å². The highest BCUT2D eigenvalue weighted by Crippen LogP contribution is 2.28. The molecule has 30 heavy (non-hydrogen) atoms. The maximum absolute atomic E-state index is 13.0. The van der Waals surface area contributed by atoms with Crippen molar-refractivity contribution >= 4 is 11.8 Å². The summed E-state index contributed by atoms with van der Waals surface area (Å²) in [5.74, 6) is -0.318. The van der Waals surface area contributed by atoms with E-state index in [0.717, 1.165) is 22.3 Å². The molecule has 0 aromatic heterocycles. The third-order valence-corrected chi connectivity index (χ3v) is 5.38. The van der Waals surface area contributed by atoms with Gasteiger partial charge in [0.2, 0.25) is 11.8 Å². The summed E-state index contributed by atoms with van der Waals surface area (Å²) >= 11 is 0. The zero-order valence-electron chi connectivity index (χ0n) is 16.8. The third-order valence-electron chi connectivity index (χ3n) is 5.38. The molecule has 1 fully saturated rings. The summed E-state index contributed by atoms with van der Waals surface area (Å²) in [7, 11) is 0. The highest BCUT2D eigenvalue weighted by molar-refractivity contribution is 5.90. The summed E-state index contributed by atoms with van der Waals surface area (Å²) in [6.45, 7) is 1.97. The molecular weight excluding hydrogens is 374 g/mol. The fourth-order valence-electron chi connectivity index (χ4n) is 3.85. The van der Waals surface area contributed by atoms with Crippen molar-refractivity contribution in [3.05, 3.63) is 96.1 Å². The van der Waals surface area contributed by atoms with Gasteiger partial charge < -0.3 is 10.6 Å². The van der Waals surface area contributed by atoms with E-state index in [1.54, 1.807) is 0 Å². The highest BCUT2D eigenvalue weighted by atomic mass is 16.2. The van der Waals surface area contributed by atoms with Crippen LogP contribution in [0, 0.1) is 0 Å². The van der Waals surface area contributed by atoms with Crippen LogP contribution in [-0.2, 0) is 9.59 Å². The zero-order chi connectivity index (χ0) is 20.9. The van der Waals surface area contributed by atoms with Crippen molar-refractivity contribution in [2.45, 2.75) is 31.6 Å². The zero-order valence-corrected chi connectivity index (χ0v) is 16.8. The van der Waals surface area contributed by atoms with Crippen molar-refractivity contribution in [2.24, 2.45) is 0 Å². The Hall–Kier alpha value is -3.44. The van der Waals surface area contributed by atoms with Gasteiger partial charge in [0.1, 0.15) is 6.17 Å². The van der Waals surface area contributed by atoms with Crippen LogP contribution in [0.1, 0.15) is 36.7 Å². The van der Waals surface area contributed by atoms with Crippen LogP contribution in [0.3, 0.4) is 0 Å². The molecule has 5 heteroatoms. The van der Waals surface area contributed by atoms with E-state index >= 15 is 0 Å². The van der Waals surface area contributed by atoms with Gasteiger partial charge in [0.05, 0.1) is 18.5 Å².